The molecule has 1 aromatic carbocycles. The Morgan fingerprint density at radius 1 is 1.21 bits per heavy atom. The van der Waals surface area contributed by atoms with Gasteiger partial charge in [-0.2, -0.15) is 0 Å². The lowest BCUT2D eigenvalue weighted by Gasteiger charge is -2.18. The number of anilines is 2. The van der Waals surface area contributed by atoms with Gasteiger partial charge in [0, 0.05) is 21.5 Å². The van der Waals surface area contributed by atoms with E-state index in [0.29, 0.717) is 10.7 Å². The molecule has 0 aliphatic carbocycles. The van der Waals surface area contributed by atoms with Crippen LogP contribution in [0.15, 0.2) is 18.2 Å². The molecule has 0 radical (unpaired) electrons. The fraction of sp³-hybridized carbons (Fsp3) is 0.333. The van der Waals surface area contributed by atoms with Crippen LogP contribution in [0.2, 0.25) is 5.02 Å². The quantitative estimate of drug-likeness (QED) is 0.775. The molecule has 1 aromatic heterocycles. The molecule has 2 nitrogen and oxygen atoms in total. The third kappa shape index (κ3) is 3.04. The highest BCUT2D eigenvalue weighted by Crippen LogP contribution is 2.32. The molecule has 1 heterocycles. The van der Waals surface area contributed by atoms with Gasteiger partial charge in [0.05, 0.1) is 10.7 Å². The Hall–Kier alpha value is -1.19. The topological polar surface area (TPSA) is 38.0 Å². The smallest absolute Gasteiger partial charge is 0.0656 e. The maximum Gasteiger partial charge on any atom is 0.0656 e. The van der Waals surface area contributed by atoms with Crippen LogP contribution >= 0.6 is 22.9 Å². The van der Waals surface area contributed by atoms with E-state index in [1.807, 2.05) is 30.4 Å². The first-order valence-corrected chi connectivity index (χ1v) is 7.47. The van der Waals surface area contributed by atoms with Crippen molar-refractivity contribution in [1.29, 1.82) is 0 Å². The molecule has 2 rings (SSSR count). The second-order valence-corrected chi connectivity index (χ2v) is 6.79. The second kappa shape index (κ2) is 5.43. The van der Waals surface area contributed by atoms with E-state index < -0.39 is 0 Å². The van der Waals surface area contributed by atoms with Crippen molar-refractivity contribution in [3.05, 3.63) is 44.1 Å². The van der Waals surface area contributed by atoms with Gasteiger partial charge in [0.15, 0.2) is 0 Å². The Morgan fingerprint density at radius 3 is 2.47 bits per heavy atom. The van der Waals surface area contributed by atoms with Gasteiger partial charge in [-0.3, -0.25) is 0 Å². The maximum absolute atomic E-state index is 6.09. The van der Waals surface area contributed by atoms with Crippen molar-refractivity contribution in [3.63, 3.8) is 0 Å². The standard InChI is InChI=1S/C15H19ClN2S/c1-8-5-14(17)13(16)7-15(8)18-10(3)12-6-9(2)19-11(12)4/h5-7,10,18H,17H2,1-4H3. The van der Waals surface area contributed by atoms with Gasteiger partial charge >= 0.3 is 0 Å². The lowest BCUT2D eigenvalue weighted by atomic mass is 10.1. The summed E-state index contributed by atoms with van der Waals surface area (Å²) in [6.07, 6.45) is 0. The third-order valence-corrected chi connectivity index (χ3v) is 4.57. The van der Waals surface area contributed by atoms with Gasteiger partial charge in [0.2, 0.25) is 0 Å². The van der Waals surface area contributed by atoms with Crippen LogP contribution in [0.25, 0.3) is 0 Å². The molecule has 0 saturated heterocycles. The number of nitrogens with one attached hydrogen (secondary N) is 1. The molecule has 0 amide bonds. The molecule has 102 valence electrons. The van der Waals surface area contributed by atoms with Crippen molar-refractivity contribution in [3.8, 4) is 0 Å². The zero-order valence-corrected chi connectivity index (χ0v) is 13.2. The van der Waals surface area contributed by atoms with E-state index in [0.717, 1.165) is 11.3 Å². The van der Waals surface area contributed by atoms with Crippen molar-refractivity contribution in [2.24, 2.45) is 0 Å². The Bertz CT molecular complexity index is 604. The summed E-state index contributed by atoms with van der Waals surface area (Å²) < 4.78 is 0. The number of thiophene rings is 1. The van der Waals surface area contributed by atoms with Gasteiger partial charge in [-0.05, 0) is 57.0 Å². The number of nitrogen functional groups attached to an aromatic ring is 1. The van der Waals surface area contributed by atoms with Crippen molar-refractivity contribution >= 4 is 34.3 Å². The van der Waals surface area contributed by atoms with Crippen molar-refractivity contribution in [1.82, 2.24) is 0 Å². The van der Waals surface area contributed by atoms with E-state index in [1.165, 1.54) is 15.3 Å². The maximum atomic E-state index is 6.09. The van der Waals surface area contributed by atoms with Crippen LogP contribution < -0.4 is 11.1 Å². The highest BCUT2D eigenvalue weighted by atomic mass is 35.5. The van der Waals surface area contributed by atoms with Crippen LogP contribution in [0.1, 0.15) is 33.8 Å². The summed E-state index contributed by atoms with van der Waals surface area (Å²) in [5, 5.41) is 4.11. The number of nitrogens with two attached hydrogens (primary N) is 1. The lowest BCUT2D eigenvalue weighted by molar-refractivity contribution is 0.879. The van der Waals surface area contributed by atoms with Gasteiger partial charge in [-0.25, -0.2) is 0 Å². The van der Waals surface area contributed by atoms with Crippen molar-refractivity contribution in [2.75, 3.05) is 11.1 Å². The molecule has 0 fully saturated rings. The average Bonchev–Trinajstić information content (AvgIpc) is 2.65. The Kier molecular flexibility index (Phi) is 4.07. The summed E-state index contributed by atoms with van der Waals surface area (Å²) in [5.41, 5.74) is 9.91. The summed E-state index contributed by atoms with van der Waals surface area (Å²) in [7, 11) is 0. The van der Waals surface area contributed by atoms with Crippen molar-refractivity contribution in [2.45, 2.75) is 33.7 Å². The van der Waals surface area contributed by atoms with Gasteiger partial charge in [0.1, 0.15) is 0 Å². The van der Waals surface area contributed by atoms with Gasteiger partial charge in [0.25, 0.3) is 0 Å². The fourth-order valence-corrected chi connectivity index (χ4v) is 3.44. The highest BCUT2D eigenvalue weighted by Gasteiger charge is 2.13. The van der Waals surface area contributed by atoms with E-state index in [1.54, 1.807) is 0 Å². The molecule has 0 aliphatic rings. The molecule has 0 saturated carbocycles. The van der Waals surface area contributed by atoms with Crippen LogP contribution in [0.3, 0.4) is 0 Å². The summed E-state index contributed by atoms with van der Waals surface area (Å²) >= 11 is 7.92. The first-order valence-electron chi connectivity index (χ1n) is 6.27. The molecular formula is C15H19ClN2S. The fourth-order valence-electron chi connectivity index (χ4n) is 2.25. The van der Waals surface area contributed by atoms with Crippen molar-refractivity contribution < 1.29 is 0 Å². The van der Waals surface area contributed by atoms with Gasteiger partial charge < -0.3 is 11.1 Å². The van der Waals surface area contributed by atoms with E-state index in [9.17, 15) is 0 Å². The zero-order valence-electron chi connectivity index (χ0n) is 11.7. The minimum Gasteiger partial charge on any atom is -0.398 e. The van der Waals surface area contributed by atoms with Crippen LogP contribution in [0, 0.1) is 20.8 Å². The van der Waals surface area contributed by atoms with E-state index in [-0.39, 0.29) is 6.04 Å². The molecule has 0 aliphatic heterocycles. The lowest BCUT2D eigenvalue weighted by Crippen LogP contribution is -2.08. The molecule has 19 heavy (non-hydrogen) atoms. The van der Waals surface area contributed by atoms with Crippen LogP contribution in [-0.2, 0) is 0 Å². The van der Waals surface area contributed by atoms with Gasteiger partial charge in [-0.15, -0.1) is 11.3 Å². The molecule has 1 atom stereocenters. The number of hydrogen-bond donors (Lipinski definition) is 2. The normalized spacial score (nSPS) is 12.5. The Balaban J connectivity index is 2.26. The molecule has 1 unspecified atom stereocenters. The zero-order chi connectivity index (χ0) is 14.2. The first kappa shape index (κ1) is 14.2. The predicted molar refractivity (Wildman–Crippen MR) is 86.4 cm³/mol. The monoisotopic (exact) mass is 294 g/mol. The highest BCUT2D eigenvalue weighted by molar-refractivity contribution is 7.12. The summed E-state index contributed by atoms with van der Waals surface area (Å²) in [4.78, 5) is 2.70. The van der Waals surface area contributed by atoms with Crippen LogP contribution in [0.4, 0.5) is 11.4 Å². The van der Waals surface area contributed by atoms with E-state index in [2.05, 4.69) is 32.2 Å². The first-order chi connectivity index (χ1) is 8.88. The molecule has 3 N–H and O–H groups in total. The predicted octanol–water partition coefficient (Wildman–Crippen LogP) is 5.08. The number of hydrogen-bond acceptors (Lipinski definition) is 3. The third-order valence-electron chi connectivity index (χ3n) is 3.26. The average molecular weight is 295 g/mol. The van der Waals surface area contributed by atoms with Crippen LogP contribution in [-0.4, -0.2) is 0 Å². The Morgan fingerprint density at radius 2 is 1.89 bits per heavy atom. The largest absolute Gasteiger partial charge is 0.398 e. The Labute approximate surface area is 123 Å². The van der Waals surface area contributed by atoms with E-state index in [4.69, 9.17) is 17.3 Å². The molecule has 4 heteroatoms. The summed E-state index contributed by atoms with van der Waals surface area (Å²) in [5.74, 6) is 0. The molecule has 2 aromatic rings. The summed E-state index contributed by atoms with van der Waals surface area (Å²) in [6, 6.07) is 6.30. The number of rotatable bonds is 3. The SMILES string of the molecule is Cc1cc(C(C)Nc2cc(Cl)c(N)cc2C)c(C)s1. The minimum atomic E-state index is 0.253. The van der Waals surface area contributed by atoms with Gasteiger partial charge in [-0.1, -0.05) is 11.6 Å². The molecule has 0 spiro atoms. The summed E-state index contributed by atoms with van der Waals surface area (Å²) in [6.45, 7) is 8.50. The van der Waals surface area contributed by atoms with Crippen LogP contribution in [0.5, 0.6) is 0 Å². The number of aryl methyl sites for hydroxylation is 3. The number of halogens is 1. The minimum absolute atomic E-state index is 0.253. The second-order valence-electron chi connectivity index (χ2n) is 4.92. The number of benzene rings is 1. The molecular weight excluding hydrogens is 276 g/mol. The molecule has 0 bridgehead atoms. The van der Waals surface area contributed by atoms with E-state index >= 15 is 0 Å².